The molecule has 1 saturated carbocycles. The molecule has 1 aliphatic heterocycles. The van der Waals surface area contributed by atoms with Crippen LogP contribution in [0.15, 0.2) is 24.3 Å². The molecule has 2 N–H and O–H groups in total. The van der Waals surface area contributed by atoms with Crippen LogP contribution in [0.3, 0.4) is 0 Å². The van der Waals surface area contributed by atoms with E-state index in [4.69, 9.17) is 0 Å². The molecule has 80 valence electrons. The lowest BCUT2D eigenvalue weighted by Gasteiger charge is -2.16. The Balaban J connectivity index is 1.68. The molecule has 3 rings (SSSR count). The molecule has 1 unspecified atom stereocenters. The number of hydrogen-bond acceptors (Lipinski definition) is 2. The summed E-state index contributed by atoms with van der Waals surface area (Å²) in [7, 11) is 0. The summed E-state index contributed by atoms with van der Waals surface area (Å²) in [4.78, 5) is 0. The lowest BCUT2D eigenvalue weighted by molar-refractivity contribution is 0.508. The zero-order chi connectivity index (χ0) is 10.3. The van der Waals surface area contributed by atoms with E-state index in [0.29, 0.717) is 11.5 Å². The highest BCUT2D eigenvalue weighted by atomic mass is 15.0. The van der Waals surface area contributed by atoms with Gasteiger partial charge in [-0.25, -0.2) is 0 Å². The molecule has 0 spiro atoms. The van der Waals surface area contributed by atoms with E-state index < -0.39 is 0 Å². The van der Waals surface area contributed by atoms with Crippen molar-refractivity contribution < 1.29 is 0 Å². The van der Waals surface area contributed by atoms with Gasteiger partial charge >= 0.3 is 0 Å². The van der Waals surface area contributed by atoms with Gasteiger partial charge in [-0.1, -0.05) is 18.2 Å². The molecule has 1 fully saturated rings. The Hall–Kier alpha value is -1.02. The molecule has 2 nitrogen and oxygen atoms in total. The Bertz CT molecular complexity index is 369. The lowest BCUT2D eigenvalue weighted by atomic mass is 10.0. The number of para-hydroxylation sites is 1. The summed E-state index contributed by atoms with van der Waals surface area (Å²) in [6, 6.07) is 8.66. The molecule has 0 amide bonds. The molecule has 15 heavy (non-hydrogen) atoms. The Morgan fingerprint density at radius 3 is 3.00 bits per heavy atom. The standard InChI is InChI=1S/C13H18N2/c1-13(6-7-13)15-9-10-8-14-12-5-3-2-4-11(10)12/h2-5,10,14-15H,6-9H2,1H3. The normalized spacial score (nSPS) is 25.8. The highest BCUT2D eigenvalue weighted by Gasteiger charge is 2.37. The lowest BCUT2D eigenvalue weighted by Crippen LogP contribution is -2.32. The van der Waals surface area contributed by atoms with Crippen LogP contribution in [0.25, 0.3) is 0 Å². The van der Waals surface area contributed by atoms with Crippen molar-refractivity contribution in [3.05, 3.63) is 29.8 Å². The van der Waals surface area contributed by atoms with E-state index in [1.807, 2.05) is 0 Å². The van der Waals surface area contributed by atoms with E-state index in [2.05, 4.69) is 41.8 Å². The first-order chi connectivity index (χ1) is 7.27. The van der Waals surface area contributed by atoms with Crippen LogP contribution >= 0.6 is 0 Å². The Kier molecular flexibility index (Phi) is 1.99. The minimum absolute atomic E-state index is 0.456. The maximum absolute atomic E-state index is 3.68. The third-order valence-electron chi connectivity index (χ3n) is 3.71. The van der Waals surface area contributed by atoms with Crippen LogP contribution < -0.4 is 10.6 Å². The van der Waals surface area contributed by atoms with E-state index in [1.54, 1.807) is 0 Å². The largest absolute Gasteiger partial charge is 0.384 e. The first kappa shape index (κ1) is 9.22. The van der Waals surface area contributed by atoms with E-state index in [1.165, 1.54) is 24.1 Å². The number of nitrogens with one attached hydrogen (secondary N) is 2. The molecule has 0 aromatic heterocycles. The van der Waals surface area contributed by atoms with Crippen LogP contribution in [0, 0.1) is 0 Å². The highest BCUT2D eigenvalue weighted by Crippen LogP contribution is 2.36. The maximum atomic E-state index is 3.68. The summed E-state index contributed by atoms with van der Waals surface area (Å²) >= 11 is 0. The molecule has 0 radical (unpaired) electrons. The Labute approximate surface area is 91.1 Å². The average Bonchev–Trinajstić information content (AvgIpc) is 2.86. The van der Waals surface area contributed by atoms with Crippen LogP contribution in [0.1, 0.15) is 31.2 Å². The van der Waals surface area contributed by atoms with Crippen molar-refractivity contribution in [1.29, 1.82) is 0 Å². The average molecular weight is 202 g/mol. The van der Waals surface area contributed by atoms with Gasteiger partial charge in [0.2, 0.25) is 0 Å². The topological polar surface area (TPSA) is 24.1 Å². The number of hydrogen-bond donors (Lipinski definition) is 2. The number of benzene rings is 1. The molecule has 0 bridgehead atoms. The molecule has 0 saturated heterocycles. The van der Waals surface area contributed by atoms with E-state index in [0.717, 1.165) is 13.1 Å². The Morgan fingerprint density at radius 1 is 1.40 bits per heavy atom. The zero-order valence-electron chi connectivity index (χ0n) is 9.22. The summed E-state index contributed by atoms with van der Waals surface area (Å²) in [5.41, 5.74) is 3.26. The molecular weight excluding hydrogens is 184 g/mol. The molecule has 1 atom stereocenters. The quantitative estimate of drug-likeness (QED) is 0.786. The van der Waals surface area contributed by atoms with Crippen molar-refractivity contribution in [3.63, 3.8) is 0 Å². The molecular formula is C13H18N2. The summed E-state index contributed by atoms with van der Waals surface area (Å²) in [6.07, 6.45) is 2.68. The molecule has 1 aromatic rings. The summed E-state index contributed by atoms with van der Waals surface area (Å²) in [5, 5.41) is 7.14. The minimum atomic E-state index is 0.456. The summed E-state index contributed by atoms with van der Waals surface area (Å²) in [6.45, 7) is 4.52. The van der Waals surface area contributed by atoms with Crippen LogP contribution in [0.2, 0.25) is 0 Å². The number of anilines is 1. The molecule has 1 aliphatic carbocycles. The van der Waals surface area contributed by atoms with Gasteiger partial charge in [-0.3, -0.25) is 0 Å². The van der Waals surface area contributed by atoms with Gasteiger partial charge < -0.3 is 10.6 Å². The van der Waals surface area contributed by atoms with Gasteiger partial charge in [0.25, 0.3) is 0 Å². The second-order valence-corrected chi connectivity index (χ2v) is 5.11. The van der Waals surface area contributed by atoms with E-state index >= 15 is 0 Å². The third kappa shape index (κ3) is 1.74. The van der Waals surface area contributed by atoms with Crippen molar-refractivity contribution in [1.82, 2.24) is 5.32 Å². The van der Waals surface area contributed by atoms with Gasteiger partial charge in [-0.2, -0.15) is 0 Å². The molecule has 2 heteroatoms. The maximum Gasteiger partial charge on any atom is 0.0376 e. The van der Waals surface area contributed by atoms with Crippen molar-refractivity contribution in [3.8, 4) is 0 Å². The van der Waals surface area contributed by atoms with Gasteiger partial charge in [0.15, 0.2) is 0 Å². The van der Waals surface area contributed by atoms with Crippen LogP contribution in [-0.2, 0) is 0 Å². The smallest absolute Gasteiger partial charge is 0.0376 e. The number of rotatable bonds is 3. The van der Waals surface area contributed by atoms with E-state index in [-0.39, 0.29) is 0 Å². The monoisotopic (exact) mass is 202 g/mol. The first-order valence-electron chi connectivity index (χ1n) is 5.85. The first-order valence-corrected chi connectivity index (χ1v) is 5.85. The van der Waals surface area contributed by atoms with Crippen molar-refractivity contribution in [2.24, 2.45) is 0 Å². The van der Waals surface area contributed by atoms with Gasteiger partial charge in [0.1, 0.15) is 0 Å². The van der Waals surface area contributed by atoms with Gasteiger partial charge in [-0.05, 0) is 31.4 Å². The number of fused-ring (bicyclic) bond motifs is 1. The predicted molar refractivity (Wildman–Crippen MR) is 63.3 cm³/mol. The van der Waals surface area contributed by atoms with Crippen molar-refractivity contribution >= 4 is 5.69 Å². The van der Waals surface area contributed by atoms with Gasteiger partial charge in [-0.15, -0.1) is 0 Å². The Morgan fingerprint density at radius 2 is 2.20 bits per heavy atom. The fraction of sp³-hybridized carbons (Fsp3) is 0.538. The van der Waals surface area contributed by atoms with Crippen molar-refractivity contribution in [2.45, 2.75) is 31.2 Å². The van der Waals surface area contributed by atoms with Crippen molar-refractivity contribution in [2.75, 3.05) is 18.4 Å². The SMILES string of the molecule is CC1(NCC2CNc3ccccc32)CC1. The van der Waals surface area contributed by atoms with Gasteiger partial charge in [0.05, 0.1) is 0 Å². The zero-order valence-corrected chi connectivity index (χ0v) is 9.22. The van der Waals surface area contributed by atoms with Crippen LogP contribution in [-0.4, -0.2) is 18.6 Å². The predicted octanol–water partition coefficient (Wildman–Crippen LogP) is 2.34. The highest BCUT2D eigenvalue weighted by molar-refractivity contribution is 5.57. The summed E-state index contributed by atoms with van der Waals surface area (Å²) < 4.78 is 0. The van der Waals surface area contributed by atoms with Crippen LogP contribution in [0.4, 0.5) is 5.69 Å². The molecule has 1 heterocycles. The third-order valence-corrected chi connectivity index (χ3v) is 3.71. The second kappa shape index (κ2) is 3.24. The van der Waals surface area contributed by atoms with Gasteiger partial charge in [0, 0.05) is 30.2 Å². The molecule has 1 aromatic carbocycles. The summed E-state index contributed by atoms with van der Waals surface area (Å²) in [5.74, 6) is 0.652. The van der Waals surface area contributed by atoms with Crippen LogP contribution in [0.5, 0.6) is 0 Å². The van der Waals surface area contributed by atoms with E-state index in [9.17, 15) is 0 Å². The minimum Gasteiger partial charge on any atom is -0.384 e. The fourth-order valence-corrected chi connectivity index (χ4v) is 2.27. The fourth-order valence-electron chi connectivity index (χ4n) is 2.27. The second-order valence-electron chi connectivity index (χ2n) is 5.11. The molecule has 2 aliphatic rings.